The van der Waals surface area contributed by atoms with Gasteiger partial charge in [-0.05, 0) is 79.5 Å². The summed E-state index contributed by atoms with van der Waals surface area (Å²) >= 11 is 0. The molecule has 0 saturated heterocycles. The smallest absolute Gasteiger partial charge is 0.250 e. The Balaban J connectivity index is 2.36. The molecule has 0 aromatic heterocycles. The fourth-order valence-corrected chi connectivity index (χ4v) is 5.77. The van der Waals surface area contributed by atoms with E-state index in [-0.39, 0.29) is 16.0 Å². The Bertz CT molecular complexity index is 798. The lowest BCUT2D eigenvalue weighted by atomic mass is 9.81. The summed E-state index contributed by atoms with van der Waals surface area (Å²) in [6, 6.07) is 6.86. The summed E-state index contributed by atoms with van der Waals surface area (Å²) in [7, 11) is -3.93. The van der Waals surface area contributed by atoms with Crippen LogP contribution in [0, 0.1) is 0 Å². The van der Waals surface area contributed by atoms with E-state index in [1.165, 1.54) is 5.56 Å². The maximum Gasteiger partial charge on any atom is 0.250 e. The first-order valence-corrected chi connectivity index (χ1v) is 18.0. The van der Waals surface area contributed by atoms with Gasteiger partial charge >= 0.3 is 0 Å². The zero-order chi connectivity index (χ0) is 24.5. The molecule has 1 amide bonds. The van der Waals surface area contributed by atoms with E-state index in [4.69, 9.17) is 8.85 Å². The molecular weight excluding hydrogens is 430 g/mol. The Morgan fingerprint density at radius 2 is 1.38 bits per heavy atom. The highest BCUT2D eigenvalue weighted by molar-refractivity contribution is 6.75. The molecule has 4 nitrogen and oxygen atoms in total. The van der Waals surface area contributed by atoms with Crippen molar-refractivity contribution in [3.05, 3.63) is 23.8 Å². The molecule has 0 unspecified atom stereocenters. The lowest BCUT2D eigenvalue weighted by Crippen LogP contribution is -2.44. The average Bonchev–Trinajstić information content (AvgIpc) is 2.60. The molecule has 0 spiro atoms. The van der Waals surface area contributed by atoms with Gasteiger partial charge in [-0.15, -0.1) is 0 Å². The molecule has 6 heteroatoms. The van der Waals surface area contributed by atoms with Gasteiger partial charge < -0.3 is 14.2 Å². The third-order valence-corrected chi connectivity index (χ3v) is 16.6. The van der Waals surface area contributed by atoms with Gasteiger partial charge in [0, 0.05) is 19.0 Å². The van der Waals surface area contributed by atoms with Crippen molar-refractivity contribution < 1.29 is 13.6 Å². The number of carbonyl (C=O) groups excluding carboxylic acids is 1. The molecule has 1 aliphatic carbocycles. The third kappa shape index (κ3) is 6.63. The number of carbonyl (C=O) groups is 1. The third-order valence-electron chi connectivity index (χ3n) is 7.91. The van der Waals surface area contributed by atoms with E-state index >= 15 is 0 Å². The summed E-state index contributed by atoms with van der Waals surface area (Å²) in [6.45, 7) is 24.5. The number of nitrogens with one attached hydrogen (secondary N) is 1. The Kier molecular flexibility index (Phi) is 8.03. The summed E-state index contributed by atoms with van der Waals surface area (Å²) in [5.74, 6) is 2.47. The largest absolute Gasteiger partial charge is 0.543 e. The van der Waals surface area contributed by atoms with Gasteiger partial charge in [-0.1, -0.05) is 47.6 Å². The van der Waals surface area contributed by atoms with Crippen LogP contribution in [0.4, 0.5) is 0 Å². The van der Waals surface area contributed by atoms with Crippen molar-refractivity contribution in [1.29, 1.82) is 0 Å². The monoisotopic (exact) mass is 477 g/mol. The number of hydrogen-bond acceptors (Lipinski definition) is 3. The van der Waals surface area contributed by atoms with Crippen molar-refractivity contribution >= 4 is 22.5 Å². The van der Waals surface area contributed by atoms with E-state index in [1.807, 2.05) is 0 Å². The van der Waals surface area contributed by atoms with Gasteiger partial charge in [0.25, 0.3) is 0 Å². The molecular formula is C26H47NO3Si2. The SMILES string of the molecule is CC(=O)N[C@H]1CC[C@@H](c2ccc(O[Si](C)(C)C(C)(C)C)cc2O[Si](C)(C)C(C)(C)C)CC1. The van der Waals surface area contributed by atoms with Crippen molar-refractivity contribution in [3.63, 3.8) is 0 Å². The first kappa shape index (κ1) is 27.0. The second kappa shape index (κ2) is 9.53. The molecule has 1 aromatic carbocycles. The molecule has 0 bridgehead atoms. The van der Waals surface area contributed by atoms with Gasteiger partial charge in [-0.2, -0.15) is 0 Å². The van der Waals surface area contributed by atoms with E-state index in [2.05, 4.69) is 91.2 Å². The lowest BCUT2D eigenvalue weighted by Gasteiger charge is -2.39. The van der Waals surface area contributed by atoms with Gasteiger partial charge in [0.2, 0.25) is 22.5 Å². The van der Waals surface area contributed by atoms with E-state index in [0.717, 1.165) is 37.2 Å². The summed E-state index contributed by atoms with van der Waals surface area (Å²) < 4.78 is 13.5. The topological polar surface area (TPSA) is 47.6 Å². The van der Waals surface area contributed by atoms with Crippen LogP contribution in [0.25, 0.3) is 0 Å². The zero-order valence-electron chi connectivity index (χ0n) is 22.4. The normalized spacial score (nSPS) is 20.6. The van der Waals surface area contributed by atoms with Crippen LogP contribution >= 0.6 is 0 Å². The van der Waals surface area contributed by atoms with E-state index in [9.17, 15) is 4.79 Å². The van der Waals surface area contributed by atoms with Crippen molar-refractivity contribution in [3.8, 4) is 11.5 Å². The Morgan fingerprint density at radius 3 is 1.84 bits per heavy atom. The van der Waals surface area contributed by atoms with Crippen molar-refractivity contribution in [1.82, 2.24) is 5.32 Å². The van der Waals surface area contributed by atoms with Crippen LogP contribution < -0.4 is 14.2 Å². The summed E-state index contributed by atoms with van der Waals surface area (Å²) in [6.07, 6.45) is 4.18. The molecule has 1 aliphatic rings. The number of benzene rings is 1. The minimum atomic E-state index is -2.00. The molecule has 2 rings (SSSR count). The highest BCUT2D eigenvalue weighted by Crippen LogP contribution is 2.45. The van der Waals surface area contributed by atoms with Crippen LogP contribution in [-0.2, 0) is 4.79 Å². The number of rotatable bonds is 6. The van der Waals surface area contributed by atoms with Crippen LogP contribution in [0.3, 0.4) is 0 Å². The Hall–Kier alpha value is -1.28. The molecule has 1 aromatic rings. The zero-order valence-corrected chi connectivity index (χ0v) is 24.4. The minimum absolute atomic E-state index is 0.0718. The van der Waals surface area contributed by atoms with Crippen molar-refractivity contribution in [2.45, 2.75) is 122 Å². The quantitative estimate of drug-likeness (QED) is 0.429. The second-order valence-corrected chi connectivity index (χ2v) is 22.1. The van der Waals surface area contributed by atoms with Crippen LogP contribution in [-0.4, -0.2) is 28.6 Å². The van der Waals surface area contributed by atoms with Crippen molar-refractivity contribution in [2.75, 3.05) is 0 Å². The highest BCUT2D eigenvalue weighted by atomic mass is 28.4. The standard InChI is InChI=1S/C26H47NO3Si2/c1-19(28)27-21-14-12-20(13-15-21)23-17-16-22(29-31(8,9)25(2,3)4)18-24(23)30-32(10,11)26(5,6)7/h16-18,20-21H,12-15H2,1-11H3,(H,27,28)/t20-,21+. The molecule has 0 aliphatic heterocycles. The predicted molar refractivity (Wildman–Crippen MR) is 141 cm³/mol. The lowest BCUT2D eigenvalue weighted by molar-refractivity contribution is -0.119. The van der Waals surface area contributed by atoms with E-state index in [1.54, 1.807) is 6.92 Å². The molecule has 0 heterocycles. The minimum Gasteiger partial charge on any atom is -0.543 e. The molecule has 1 N–H and O–H groups in total. The van der Waals surface area contributed by atoms with Gasteiger partial charge in [-0.3, -0.25) is 4.79 Å². The van der Waals surface area contributed by atoms with Gasteiger partial charge in [0.05, 0.1) is 0 Å². The van der Waals surface area contributed by atoms with E-state index in [0.29, 0.717) is 12.0 Å². The van der Waals surface area contributed by atoms with Crippen LogP contribution in [0.5, 0.6) is 11.5 Å². The summed E-state index contributed by atoms with van der Waals surface area (Å²) in [5, 5.41) is 3.37. The Morgan fingerprint density at radius 1 is 0.875 bits per heavy atom. The second-order valence-electron chi connectivity index (χ2n) is 12.7. The number of amides is 1. The molecule has 1 saturated carbocycles. The molecule has 0 atom stereocenters. The molecule has 182 valence electrons. The molecule has 0 radical (unpaired) electrons. The highest BCUT2D eigenvalue weighted by Gasteiger charge is 2.41. The average molecular weight is 478 g/mol. The molecule has 1 fully saturated rings. The first-order chi connectivity index (χ1) is 14.4. The summed E-state index contributed by atoms with van der Waals surface area (Å²) in [5.41, 5.74) is 1.30. The van der Waals surface area contributed by atoms with E-state index < -0.39 is 16.6 Å². The van der Waals surface area contributed by atoms with Crippen LogP contribution in [0.2, 0.25) is 36.3 Å². The first-order valence-electron chi connectivity index (χ1n) is 12.2. The summed E-state index contributed by atoms with van der Waals surface area (Å²) in [4.78, 5) is 11.5. The van der Waals surface area contributed by atoms with Crippen molar-refractivity contribution in [2.24, 2.45) is 0 Å². The molecule has 32 heavy (non-hydrogen) atoms. The maximum atomic E-state index is 11.5. The Labute approximate surface area is 199 Å². The number of hydrogen-bond donors (Lipinski definition) is 1. The fourth-order valence-electron chi connectivity index (χ4n) is 3.72. The van der Waals surface area contributed by atoms with Crippen LogP contribution in [0.1, 0.15) is 85.6 Å². The predicted octanol–water partition coefficient (Wildman–Crippen LogP) is 7.62. The van der Waals surface area contributed by atoms with Gasteiger partial charge in [-0.25, -0.2) is 0 Å². The maximum absolute atomic E-state index is 11.5. The van der Waals surface area contributed by atoms with Crippen LogP contribution in [0.15, 0.2) is 18.2 Å². The fraction of sp³-hybridized carbons (Fsp3) is 0.731. The van der Waals surface area contributed by atoms with Gasteiger partial charge in [0.15, 0.2) is 0 Å². The van der Waals surface area contributed by atoms with Gasteiger partial charge in [0.1, 0.15) is 11.5 Å².